The van der Waals surface area contributed by atoms with Gasteiger partial charge in [0.15, 0.2) is 0 Å². The number of carbonyl (C=O) groups excluding carboxylic acids is 1. The minimum Gasteiger partial charge on any atom is -0.339 e. The number of anilines is 1. The van der Waals surface area contributed by atoms with Crippen LogP contribution in [0.4, 0.5) is 5.69 Å². The van der Waals surface area contributed by atoms with Crippen molar-refractivity contribution >= 4 is 33.2 Å². The van der Waals surface area contributed by atoms with Crippen molar-refractivity contribution in [2.75, 3.05) is 44.1 Å². The summed E-state index contributed by atoms with van der Waals surface area (Å²) < 4.78 is 28.0. The van der Waals surface area contributed by atoms with Crippen LogP contribution in [0, 0.1) is 13.8 Å². The van der Waals surface area contributed by atoms with Crippen molar-refractivity contribution in [3.63, 3.8) is 0 Å². The Kier molecular flexibility index (Phi) is 6.51. The molecular weight excluding hydrogens is 410 g/mol. The van der Waals surface area contributed by atoms with Crippen molar-refractivity contribution in [1.82, 2.24) is 9.80 Å². The summed E-state index contributed by atoms with van der Waals surface area (Å²) >= 11 is 5.92. The van der Waals surface area contributed by atoms with E-state index >= 15 is 0 Å². The molecule has 0 N–H and O–H groups in total. The third kappa shape index (κ3) is 4.91. The van der Waals surface area contributed by atoms with Gasteiger partial charge in [-0.05, 0) is 68.4 Å². The highest BCUT2D eigenvalue weighted by Gasteiger charge is 2.30. The van der Waals surface area contributed by atoms with Gasteiger partial charge in [0.05, 0.1) is 10.6 Å². The lowest BCUT2D eigenvalue weighted by Gasteiger charge is -2.34. The normalized spacial score (nSPS) is 15.4. The topological polar surface area (TPSA) is 60.9 Å². The van der Waals surface area contributed by atoms with Gasteiger partial charge in [-0.25, -0.2) is 8.42 Å². The van der Waals surface area contributed by atoms with Crippen molar-refractivity contribution < 1.29 is 13.2 Å². The predicted octanol–water partition coefficient (Wildman–Crippen LogP) is 2.93. The second kappa shape index (κ2) is 8.73. The van der Waals surface area contributed by atoms with E-state index in [4.69, 9.17) is 11.6 Å². The summed E-state index contributed by atoms with van der Waals surface area (Å²) in [5.74, 6) is -0.200. The second-order valence-electron chi connectivity index (χ2n) is 7.42. The summed E-state index contributed by atoms with van der Waals surface area (Å²) in [5.41, 5.74) is 2.50. The first-order valence-corrected chi connectivity index (χ1v) is 11.3. The van der Waals surface area contributed by atoms with Gasteiger partial charge in [0.25, 0.3) is 10.0 Å². The first-order chi connectivity index (χ1) is 13.7. The number of amides is 1. The number of sulfonamides is 1. The van der Waals surface area contributed by atoms with E-state index in [9.17, 15) is 13.2 Å². The molecule has 1 aliphatic heterocycles. The van der Waals surface area contributed by atoms with Crippen LogP contribution >= 0.6 is 11.6 Å². The zero-order valence-corrected chi connectivity index (χ0v) is 18.5. The first kappa shape index (κ1) is 21.6. The van der Waals surface area contributed by atoms with Gasteiger partial charge in [0.1, 0.15) is 6.54 Å². The van der Waals surface area contributed by atoms with Crippen molar-refractivity contribution in [1.29, 1.82) is 0 Å². The number of halogens is 1. The van der Waals surface area contributed by atoms with E-state index in [0.717, 1.165) is 24.2 Å². The van der Waals surface area contributed by atoms with Crippen molar-refractivity contribution in [3.8, 4) is 0 Å². The van der Waals surface area contributed by atoms with Crippen LogP contribution in [0.5, 0.6) is 0 Å². The van der Waals surface area contributed by atoms with Gasteiger partial charge < -0.3 is 9.80 Å². The van der Waals surface area contributed by atoms with Crippen LogP contribution in [0.2, 0.25) is 5.02 Å². The number of likely N-dealkylation sites (N-methyl/N-ethyl adjacent to an activating group) is 1. The maximum Gasteiger partial charge on any atom is 0.264 e. The molecule has 156 valence electrons. The Morgan fingerprint density at radius 3 is 2.21 bits per heavy atom. The lowest BCUT2D eigenvalue weighted by molar-refractivity contribution is -0.131. The minimum absolute atomic E-state index is 0.103. The van der Waals surface area contributed by atoms with Crippen molar-refractivity contribution in [3.05, 3.63) is 58.6 Å². The number of hydrogen-bond acceptors (Lipinski definition) is 4. The highest BCUT2D eigenvalue weighted by Crippen LogP contribution is 2.27. The first-order valence-electron chi connectivity index (χ1n) is 9.50. The van der Waals surface area contributed by atoms with Gasteiger partial charge in [-0.2, -0.15) is 0 Å². The van der Waals surface area contributed by atoms with Crippen LogP contribution in [-0.2, 0) is 14.8 Å². The average Bonchev–Trinajstić information content (AvgIpc) is 2.69. The maximum atomic E-state index is 13.4. The summed E-state index contributed by atoms with van der Waals surface area (Å²) in [6.45, 7) is 6.39. The quantitative estimate of drug-likeness (QED) is 0.724. The zero-order valence-electron chi connectivity index (χ0n) is 16.9. The fraction of sp³-hybridized carbons (Fsp3) is 0.381. The standard InChI is InChI=1S/C21H26ClN3O3S/c1-16-4-7-19(14-17(16)2)25(15-21(26)24-12-10-23(3)11-13-24)29(27,28)20-8-5-18(22)6-9-20/h4-9,14H,10-13,15H2,1-3H3. The van der Waals surface area contributed by atoms with E-state index in [-0.39, 0.29) is 17.3 Å². The van der Waals surface area contributed by atoms with E-state index in [1.807, 2.05) is 27.0 Å². The molecule has 0 saturated carbocycles. The molecule has 0 radical (unpaired) electrons. The summed E-state index contributed by atoms with van der Waals surface area (Å²) in [4.78, 5) is 16.9. The lowest BCUT2D eigenvalue weighted by atomic mass is 10.1. The molecule has 0 spiro atoms. The van der Waals surface area contributed by atoms with Gasteiger partial charge in [-0.15, -0.1) is 0 Å². The Morgan fingerprint density at radius 2 is 1.62 bits per heavy atom. The molecule has 0 unspecified atom stereocenters. The second-order valence-corrected chi connectivity index (χ2v) is 9.72. The fourth-order valence-corrected chi connectivity index (χ4v) is 4.74. The zero-order chi connectivity index (χ0) is 21.2. The molecule has 0 atom stereocenters. The molecule has 0 aliphatic carbocycles. The molecule has 0 bridgehead atoms. The third-order valence-electron chi connectivity index (χ3n) is 5.31. The average molecular weight is 436 g/mol. The lowest BCUT2D eigenvalue weighted by Crippen LogP contribution is -2.50. The minimum atomic E-state index is -3.93. The van der Waals surface area contributed by atoms with Gasteiger partial charge in [0, 0.05) is 31.2 Å². The Hall–Kier alpha value is -2.09. The van der Waals surface area contributed by atoms with Crippen molar-refractivity contribution in [2.24, 2.45) is 0 Å². The Balaban J connectivity index is 1.96. The third-order valence-corrected chi connectivity index (χ3v) is 7.36. The van der Waals surface area contributed by atoms with Crippen LogP contribution in [0.15, 0.2) is 47.4 Å². The van der Waals surface area contributed by atoms with Crippen LogP contribution in [0.3, 0.4) is 0 Å². The molecule has 6 nitrogen and oxygen atoms in total. The predicted molar refractivity (Wildman–Crippen MR) is 116 cm³/mol. The summed E-state index contributed by atoms with van der Waals surface area (Å²) in [6, 6.07) is 11.4. The molecule has 1 amide bonds. The molecule has 2 aromatic rings. The van der Waals surface area contributed by atoms with Crippen LogP contribution in [0.1, 0.15) is 11.1 Å². The molecule has 3 rings (SSSR count). The highest BCUT2D eigenvalue weighted by molar-refractivity contribution is 7.92. The van der Waals surface area contributed by atoms with E-state index < -0.39 is 10.0 Å². The fourth-order valence-electron chi connectivity index (χ4n) is 3.21. The Labute approximate surface area is 177 Å². The molecule has 1 heterocycles. The van der Waals surface area contributed by atoms with E-state index in [0.29, 0.717) is 23.8 Å². The molecule has 1 saturated heterocycles. The van der Waals surface area contributed by atoms with Crippen LogP contribution < -0.4 is 4.31 Å². The molecule has 2 aromatic carbocycles. The largest absolute Gasteiger partial charge is 0.339 e. The molecular formula is C21H26ClN3O3S. The number of hydrogen-bond donors (Lipinski definition) is 0. The van der Waals surface area contributed by atoms with E-state index in [1.54, 1.807) is 17.0 Å². The number of aryl methyl sites for hydroxylation is 2. The maximum absolute atomic E-state index is 13.4. The van der Waals surface area contributed by atoms with Gasteiger partial charge in [-0.3, -0.25) is 9.10 Å². The molecule has 29 heavy (non-hydrogen) atoms. The highest BCUT2D eigenvalue weighted by atomic mass is 35.5. The summed E-state index contributed by atoms with van der Waals surface area (Å²) in [5, 5.41) is 0.454. The monoisotopic (exact) mass is 435 g/mol. The molecule has 8 heteroatoms. The Morgan fingerprint density at radius 1 is 1.00 bits per heavy atom. The number of carbonyl (C=O) groups is 1. The Bertz CT molecular complexity index is 985. The molecule has 1 fully saturated rings. The van der Waals surface area contributed by atoms with Crippen molar-refractivity contribution in [2.45, 2.75) is 18.7 Å². The number of benzene rings is 2. The van der Waals surface area contributed by atoms with Gasteiger partial charge >= 0.3 is 0 Å². The summed E-state index contributed by atoms with van der Waals surface area (Å²) in [7, 11) is -1.92. The smallest absolute Gasteiger partial charge is 0.264 e. The van der Waals surface area contributed by atoms with Gasteiger partial charge in [0.2, 0.25) is 5.91 Å². The SMILES string of the molecule is Cc1ccc(N(CC(=O)N2CCN(C)CC2)S(=O)(=O)c2ccc(Cl)cc2)cc1C. The van der Waals surface area contributed by atoms with Gasteiger partial charge in [-0.1, -0.05) is 17.7 Å². The van der Waals surface area contributed by atoms with Crippen LogP contribution in [0.25, 0.3) is 0 Å². The van der Waals surface area contributed by atoms with E-state index in [1.165, 1.54) is 28.6 Å². The molecule has 0 aromatic heterocycles. The summed E-state index contributed by atoms with van der Waals surface area (Å²) in [6.07, 6.45) is 0. The number of piperazine rings is 1. The molecule has 1 aliphatic rings. The van der Waals surface area contributed by atoms with E-state index in [2.05, 4.69) is 4.90 Å². The number of nitrogens with zero attached hydrogens (tertiary/aromatic N) is 3. The van der Waals surface area contributed by atoms with Crippen LogP contribution in [-0.4, -0.2) is 63.9 Å². The number of rotatable bonds is 5.